The van der Waals surface area contributed by atoms with Crippen LogP contribution >= 0.6 is 27.7 Å². The van der Waals surface area contributed by atoms with Gasteiger partial charge in [-0.15, -0.1) is 10.2 Å². The number of thioether (sulfide) groups is 1. The number of nitrogens with one attached hydrogen (secondary N) is 2. The van der Waals surface area contributed by atoms with Crippen molar-refractivity contribution < 1.29 is 9.59 Å². The summed E-state index contributed by atoms with van der Waals surface area (Å²) in [6.45, 7) is 1.42. The lowest BCUT2D eigenvalue weighted by Gasteiger charge is -2.18. The van der Waals surface area contributed by atoms with E-state index < -0.39 is 6.04 Å². The summed E-state index contributed by atoms with van der Waals surface area (Å²) in [5.74, 6) is 2.33. The Morgan fingerprint density at radius 2 is 2.07 bits per heavy atom. The molecule has 9 heteroatoms. The third-order valence-corrected chi connectivity index (χ3v) is 6.52. The second kappa shape index (κ2) is 11.5. The number of fused-ring (bicyclic) bond motifs is 1. The molecular formula is C21H28BrN5O2S. The van der Waals surface area contributed by atoms with Gasteiger partial charge in [-0.05, 0) is 59.3 Å². The zero-order chi connectivity index (χ0) is 21.3. The molecule has 1 unspecified atom stereocenters. The molecule has 7 nitrogen and oxygen atoms in total. The molecule has 3 rings (SSSR count). The quantitative estimate of drug-likeness (QED) is 0.560. The van der Waals surface area contributed by atoms with Crippen molar-refractivity contribution in [3.63, 3.8) is 0 Å². The summed E-state index contributed by atoms with van der Waals surface area (Å²) in [5, 5.41) is 14.5. The highest BCUT2D eigenvalue weighted by Gasteiger charge is 2.22. The Hall–Kier alpha value is -1.87. The fourth-order valence-corrected chi connectivity index (χ4v) is 4.47. The molecule has 1 atom stereocenters. The first-order valence-electron chi connectivity index (χ1n) is 10.3. The summed E-state index contributed by atoms with van der Waals surface area (Å²) in [6, 6.07) is 6.63. The normalized spacial score (nSPS) is 14.5. The molecule has 0 saturated carbocycles. The van der Waals surface area contributed by atoms with E-state index in [0.717, 1.165) is 43.2 Å². The first kappa shape index (κ1) is 22.8. The Morgan fingerprint density at radius 3 is 2.87 bits per heavy atom. The molecule has 0 spiro atoms. The molecule has 0 fully saturated rings. The van der Waals surface area contributed by atoms with Crippen LogP contribution in [0.1, 0.15) is 47.7 Å². The van der Waals surface area contributed by atoms with Crippen LogP contribution in [0.5, 0.6) is 0 Å². The lowest BCUT2D eigenvalue weighted by atomic mass is 10.1. The van der Waals surface area contributed by atoms with E-state index in [4.69, 9.17) is 0 Å². The van der Waals surface area contributed by atoms with E-state index in [2.05, 4.69) is 41.3 Å². The van der Waals surface area contributed by atoms with Crippen molar-refractivity contribution in [2.24, 2.45) is 0 Å². The lowest BCUT2D eigenvalue weighted by Crippen LogP contribution is -2.47. The lowest BCUT2D eigenvalue weighted by molar-refractivity contribution is -0.123. The average molecular weight is 494 g/mol. The Balaban J connectivity index is 1.57. The maximum atomic E-state index is 12.8. The van der Waals surface area contributed by atoms with Gasteiger partial charge in [0.15, 0.2) is 0 Å². The van der Waals surface area contributed by atoms with Gasteiger partial charge in [0.25, 0.3) is 5.91 Å². The van der Waals surface area contributed by atoms with Crippen molar-refractivity contribution in [2.75, 3.05) is 18.6 Å². The van der Waals surface area contributed by atoms with Crippen LogP contribution in [0.4, 0.5) is 0 Å². The third kappa shape index (κ3) is 6.07. The van der Waals surface area contributed by atoms with Gasteiger partial charge in [0, 0.05) is 30.4 Å². The van der Waals surface area contributed by atoms with E-state index >= 15 is 0 Å². The number of rotatable bonds is 9. The van der Waals surface area contributed by atoms with Crippen LogP contribution in [0.2, 0.25) is 0 Å². The number of carbonyl (C=O) groups is 2. The van der Waals surface area contributed by atoms with Gasteiger partial charge in [-0.25, -0.2) is 0 Å². The molecule has 0 saturated heterocycles. The molecule has 30 heavy (non-hydrogen) atoms. The van der Waals surface area contributed by atoms with Gasteiger partial charge in [0.05, 0.1) is 5.56 Å². The minimum Gasteiger partial charge on any atom is -0.354 e. The van der Waals surface area contributed by atoms with Crippen molar-refractivity contribution in [3.8, 4) is 0 Å². The summed E-state index contributed by atoms with van der Waals surface area (Å²) in [6.07, 6.45) is 7.67. The number of benzene rings is 1. The SMILES string of the molecule is CSCCC(NC(=O)c1ccccc1Br)C(=O)NCCc1nnc2n1CCCCC2. The van der Waals surface area contributed by atoms with Crippen LogP contribution in [0.15, 0.2) is 28.7 Å². The molecule has 1 aromatic carbocycles. The van der Waals surface area contributed by atoms with Crippen molar-refractivity contribution >= 4 is 39.5 Å². The smallest absolute Gasteiger partial charge is 0.253 e. The predicted octanol–water partition coefficient (Wildman–Crippen LogP) is 2.98. The van der Waals surface area contributed by atoms with Crippen LogP contribution < -0.4 is 10.6 Å². The van der Waals surface area contributed by atoms with E-state index in [0.29, 0.717) is 29.4 Å². The predicted molar refractivity (Wildman–Crippen MR) is 123 cm³/mol. The van der Waals surface area contributed by atoms with Crippen molar-refractivity contribution in [3.05, 3.63) is 46.0 Å². The minimum absolute atomic E-state index is 0.167. The third-order valence-electron chi connectivity index (χ3n) is 5.18. The highest BCUT2D eigenvalue weighted by Crippen LogP contribution is 2.16. The summed E-state index contributed by atoms with van der Waals surface area (Å²) < 4.78 is 2.90. The monoisotopic (exact) mass is 493 g/mol. The molecule has 2 aromatic rings. The maximum absolute atomic E-state index is 12.8. The number of amides is 2. The molecule has 0 aliphatic carbocycles. The van der Waals surface area contributed by atoms with Crippen LogP contribution in [0, 0.1) is 0 Å². The molecule has 1 aliphatic heterocycles. The number of hydrogen-bond donors (Lipinski definition) is 2. The summed E-state index contributed by atoms with van der Waals surface area (Å²) in [4.78, 5) is 25.4. The Labute approximate surface area is 189 Å². The zero-order valence-corrected chi connectivity index (χ0v) is 19.6. The number of aromatic nitrogens is 3. The fraction of sp³-hybridized carbons (Fsp3) is 0.524. The molecule has 0 radical (unpaired) electrons. The number of nitrogens with zero attached hydrogens (tertiary/aromatic N) is 3. The van der Waals surface area contributed by atoms with Gasteiger partial charge in [0.2, 0.25) is 5.91 Å². The summed E-state index contributed by atoms with van der Waals surface area (Å²) >= 11 is 5.05. The van der Waals surface area contributed by atoms with Crippen LogP contribution in [0.25, 0.3) is 0 Å². The molecule has 0 bridgehead atoms. The molecular weight excluding hydrogens is 466 g/mol. The fourth-order valence-electron chi connectivity index (χ4n) is 3.54. The molecule has 1 aromatic heterocycles. The number of halogens is 1. The van der Waals surface area contributed by atoms with E-state index in [-0.39, 0.29) is 11.8 Å². The van der Waals surface area contributed by atoms with E-state index in [9.17, 15) is 9.59 Å². The highest BCUT2D eigenvalue weighted by molar-refractivity contribution is 9.10. The van der Waals surface area contributed by atoms with E-state index in [1.165, 1.54) is 6.42 Å². The van der Waals surface area contributed by atoms with Crippen LogP contribution in [-0.4, -0.2) is 51.2 Å². The maximum Gasteiger partial charge on any atom is 0.253 e. The standard InChI is InChI=1S/C21H28BrN5O2S/c1-30-14-11-17(24-20(28)15-7-4-5-8-16(15)22)21(29)23-12-10-19-26-25-18-9-3-2-6-13-27(18)19/h4-5,7-8,17H,2-3,6,9-14H2,1H3,(H,23,29)(H,24,28). The van der Waals surface area contributed by atoms with Crippen molar-refractivity contribution in [1.29, 1.82) is 0 Å². The van der Waals surface area contributed by atoms with Crippen molar-refractivity contribution in [2.45, 2.75) is 51.1 Å². The molecule has 2 amide bonds. The Morgan fingerprint density at radius 1 is 1.23 bits per heavy atom. The number of aryl methyl sites for hydroxylation is 1. The molecule has 1 aliphatic rings. The molecule has 162 valence electrons. The van der Waals surface area contributed by atoms with Crippen LogP contribution in [0.3, 0.4) is 0 Å². The van der Waals surface area contributed by atoms with Gasteiger partial charge in [-0.3, -0.25) is 9.59 Å². The van der Waals surface area contributed by atoms with Gasteiger partial charge < -0.3 is 15.2 Å². The number of carbonyl (C=O) groups excluding carboxylic acids is 2. The van der Waals surface area contributed by atoms with Crippen molar-refractivity contribution in [1.82, 2.24) is 25.4 Å². The first-order valence-corrected chi connectivity index (χ1v) is 12.5. The van der Waals surface area contributed by atoms with Crippen LogP contribution in [-0.2, 0) is 24.2 Å². The summed E-state index contributed by atoms with van der Waals surface area (Å²) in [7, 11) is 0. The topological polar surface area (TPSA) is 88.9 Å². The Bertz CT molecular complexity index is 873. The minimum atomic E-state index is -0.576. The number of hydrogen-bond acceptors (Lipinski definition) is 5. The van der Waals surface area contributed by atoms with Gasteiger partial charge in [-0.2, -0.15) is 11.8 Å². The second-order valence-corrected chi connectivity index (χ2v) is 9.16. The zero-order valence-electron chi connectivity index (χ0n) is 17.2. The second-order valence-electron chi connectivity index (χ2n) is 7.32. The average Bonchev–Trinajstić information content (AvgIpc) is 2.97. The molecule has 2 heterocycles. The highest BCUT2D eigenvalue weighted by atomic mass is 79.9. The van der Waals surface area contributed by atoms with E-state index in [1.54, 1.807) is 23.9 Å². The van der Waals surface area contributed by atoms with Gasteiger partial charge in [0.1, 0.15) is 17.7 Å². The first-order chi connectivity index (χ1) is 14.6. The van der Waals surface area contributed by atoms with Gasteiger partial charge >= 0.3 is 0 Å². The Kier molecular flexibility index (Phi) is 8.74. The van der Waals surface area contributed by atoms with Gasteiger partial charge in [-0.1, -0.05) is 18.6 Å². The molecule has 2 N–H and O–H groups in total. The summed E-state index contributed by atoms with van der Waals surface area (Å²) in [5.41, 5.74) is 0.519. The largest absolute Gasteiger partial charge is 0.354 e. The van der Waals surface area contributed by atoms with E-state index in [1.807, 2.05) is 18.4 Å².